The first-order chi connectivity index (χ1) is 26.5. The highest BCUT2D eigenvalue weighted by Gasteiger charge is 2.61. The zero-order valence-electron chi connectivity index (χ0n) is 32.2. The second-order valence-electron chi connectivity index (χ2n) is 15.4. The maximum absolute atomic E-state index is 14.7. The lowest BCUT2D eigenvalue weighted by Crippen LogP contribution is -2.48. The summed E-state index contributed by atoms with van der Waals surface area (Å²) in [6.07, 6.45) is 7.49. The first kappa shape index (κ1) is 38.3. The van der Waals surface area contributed by atoms with Gasteiger partial charge in [0.05, 0.1) is 43.4 Å². The fourth-order valence-corrected chi connectivity index (χ4v) is 8.91. The number of amides is 2. The Morgan fingerprint density at radius 2 is 1.84 bits per heavy atom. The number of carbonyl (C=O) groups is 3. The summed E-state index contributed by atoms with van der Waals surface area (Å²) in [5.41, 5.74) is 3.01. The number of carboxylic acids is 1. The molecule has 11 nitrogen and oxygen atoms in total. The number of methoxy groups -OCH3 is 2. The van der Waals surface area contributed by atoms with E-state index in [-0.39, 0.29) is 43.0 Å². The first-order valence-electron chi connectivity index (χ1n) is 19.2. The van der Waals surface area contributed by atoms with E-state index in [1.165, 1.54) is 11.3 Å². The topological polar surface area (TPSA) is 131 Å². The molecule has 55 heavy (non-hydrogen) atoms. The highest BCUT2D eigenvalue weighted by molar-refractivity contribution is 7.13. The lowest BCUT2D eigenvalue weighted by molar-refractivity contribution is -0.146. The minimum atomic E-state index is -1.15. The summed E-state index contributed by atoms with van der Waals surface area (Å²) in [6, 6.07) is 12.3. The Bertz CT molecular complexity index is 2100. The molecular weight excluding hydrogens is 717 g/mol. The molecule has 1 saturated heterocycles. The van der Waals surface area contributed by atoms with Crippen molar-refractivity contribution in [1.29, 1.82) is 0 Å². The summed E-state index contributed by atoms with van der Waals surface area (Å²) < 4.78 is 17.9. The van der Waals surface area contributed by atoms with Crippen LogP contribution in [0.3, 0.4) is 0 Å². The van der Waals surface area contributed by atoms with Crippen LogP contribution in [-0.2, 0) is 16.1 Å². The molecule has 0 spiro atoms. The molecule has 0 bridgehead atoms. The lowest BCUT2D eigenvalue weighted by atomic mass is 9.92. The average Bonchev–Trinajstić information content (AvgIpc) is 3.47. The predicted molar refractivity (Wildman–Crippen MR) is 212 cm³/mol. The number of pyridine rings is 1. The van der Waals surface area contributed by atoms with Crippen molar-refractivity contribution >= 4 is 40.0 Å². The molecular formula is C43H50N4O7S. The molecule has 2 aromatic heterocycles. The van der Waals surface area contributed by atoms with E-state index in [0.29, 0.717) is 36.7 Å². The van der Waals surface area contributed by atoms with Gasteiger partial charge in [-0.2, -0.15) is 0 Å². The number of benzene rings is 2. The molecule has 0 radical (unpaired) electrons. The fourth-order valence-electron chi connectivity index (χ4n) is 7.97. The Morgan fingerprint density at radius 3 is 2.55 bits per heavy atom. The van der Waals surface area contributed by atoms with Crippen LogP contribution in [0, 0.1) is 18.3 Å². The van der Waals surface area contributed by atoms with Gasteiger partial charge in [0.15, 0.2) is 5.78 Å². The number of fused-ring (bicyclic) bond motifs is 3. The number of aryl methyl sites for hydroxylation is 1. The number of allylic oxidation sites excluding steroid dienone is 2. The molecule has 12 heteroatoms. The highest BCUT2D eigenvalue weighted by Crippen LogP contribution is 2.57. The maximum atomic E-state index is 14.7. The van der Waals surface area contributed by atoms with Crippen LogP contribution in [0.25, 0.3) is 21.6 Å². The molecule has 3 aliphatic rings. The van der Waals surface area contributed by atoms with Gasteiger partial charge in [-0.15, -0.1) is 11.3 Å². The lowest BCUT2D eigenvalue weighted by Gasteiger charge is -2.32. The Labute approximate surface area is 326 Å². The summed E-state index contributed by atoms with van der Waals surface area (Å²) in [7, 11) is 3.25. The number of rotatable bonds is 9. The van der Waals surface area contributed by atoms with Crippen LogP contribution in [0.5, 0.6) is 17.2 Å². The standard InChI is InChI=1S/C43H50N4O7S/c1-26(2)34-25-55-40(45-34)33-20-38(32-16-17-37(53-5)27(3)39(32)44-33)54-31-19-35-36(48)22-43(41(49)50)21-29(43)11-9-7-6-8-10-18-46(42(51)47(35)24-31)23-28-12-14-30(52-4)15-13-28/h9,11-17,20,25-26,29,31,35H,6-8,10,18-19,21-24H2,1-5H3,(H,49,50)/b11-9-/t29-,31-,35+,43-/m1/s1. The van der Waals surface area contributed by atoms with E-state index >= 15 is 0 Å². The number of aromatic nitrogens is 2. The average molecular weight is 767 g/mol. The van der Waals surface area contributed by atoms with E-state index in [1.54, 1.807) is 19.1 Å². The van der Waals surface area contributed by atoms with Crippen molar-refractivity contribution in [3.63, 3.8) is 0 Å². The summed E-state index contributed by atoms with van der Waals surface area (Å²) in [5, 5.41) is 14.0. The molecule has 4 aromatic rings. The fraction of sp³-hybridized carbons (Fsp3) is 0.465. The minimum absolute atomic E-state index is 0.138. The van der Waals surface area contributed by atoms with Gasteiger partial charge in [0.1, 0.15) is 34.1 Å². The van der Waals surface area contributed by atoms with Gasteiger partial charge in [-0.1, -0.05) is 44.6 Å². The third kappa shape index (κ3) is 7.92. The van der Waals surface area contributed by atoms with Crippen LogP contribution in [-0.4, -0.2) is 82.1 Å². The van der Waals surface area contributed by atoms with Crippen LogP contribution in [0.15, 0.2) is 60.0 Å². The highest BCUT2D eigenvalue weighted by atomic mass is 32.1. The molecule has 1 saturated carbocycles. The van der Waals surface area contributed by atoms with Crippen molar-refractivity contribution in [1.82, 2.24) is 19.8 Å². The van der Waals surface area contributed by atoms with Crippen molar-refractivity contribution in [2.24, 2.45) is 11.3 Å². The zero-order chi connectivity index (χ0) is 38.9. The molecule has 4 heterocycles. The largest absolute Gasteiger partial charge is 0.497 e. The third-order valence-electron chi connectivity index (χ3n) is 11.4. The summed E-state index contributed by atoms with van der Waals surface area (Å²) in [6.45, 7) is 7.21. The van der Waals surface area contributed by atoms with Gasteiger partial charge in [0.2, 0.25) is 0 Å². The Morgan fingerprint density at radius 1 is 1.04 bits per heavy atom. The molecule has 2 aliphatic heterocycles. The molecule has 290 valence electrons. The van der Waals surface area contributed by atoms with Gasteiger partial charge in [0.25, 0.3) is 0 Å². The van der Waals surface area contributed by atoms with E-state index in [2.05, 4.69) is 19.9 Å². The number of nitrogens with zero attached hydrogens (tertiary/aromatic N) is 4. The van der Waals surface area contributed by atoms with Gasteiger partial charge in [-0.05, 0) is 74.3 Å². The first-order valence-corrected chi connectivity index (χ1v) is 20.1. The van der Waals surface area contributed by atoms with Crippen molar-refractivity contribution in [2.75, 3.05) is 27.3 Å². The molecule has 2 aromatic carbocycles. The van der Waals surface area contributed by atoms with E-state index in [4.69, 9.17) is 24.2 Å². The van der Waals surface area contributed by atoms with Crippen molar-refractivity contribution in [3.05, 3.63) is 76.8 Å². The van der Waals surface area contributed by atoms with Crippen molar-refractivity contribution in [2.45, 2.75) is 90.3 Å². The number of Topliss-reactive ketones (excluding diaryl/α,β-unsaturated/α-hetero) is 1. The number of aliphatic carboxylic acids is 1. The van der Waals surface area contributed by atoms with Gasteiger partial charge in [0, 0.05) is 48.3 Å². The summed E-state index contributed by atoms with van der Waals surface area (Å²) in [5.74, 6) is 0.846. The second kappa shape index (κ2) is 16.0. The van der Waals surface area contributed by atoms with E-state index in [9.17, 15) is 19.5 Å². The van der Waals surface area contributed by atoms with Gasteiger partial charge >= 0.3 is 12.0 Å². The molecule has 0 unspecified atom stereocenters. The number of ether oxygens (including phenoxy) is 3. The second-order valence-corrected chi connectivity index (χ2v) is 16.3. The van der Waals surface area contributed by atoms with Crippen molar-refractivity contribution in [3.8, 4) is 28.0 Å². The summed E-state index contributed by atoms with van der Waals surface area (Å²) >= 11 is 1.53. The SMILES string of the molecule is COc1ccc(CN2CCCCC/C=C\[C@@H]3C[C@@]3(C(=O)O)CC(=O)[C@@H]3C[C@@H](Oc4cc(-c5nc(C(C)C)cs5)nc5c(C)c(OC)ccc45)CN3C2=O)cc1. The molecule has 7 rings (SSSR count). The van der Waals surface area contributed by atoms with E-state index < -0.39 is 23.5 Å². The zero-order valence-corrected chi connectivity index (χ0v) is 33.1. The maximum Gasteiger partial charge on any atom is 0.321 e. The van der Waals surface area contributed by atoms with Gasteiger partial charge in [-0.3, -0.25) is 9.59 Å². The van der Waals surface area contributed by atoms with Crippen LogP contribution >= 0.6 is 11.3 Å². The molecule has 2 amide bonds. The summed E-state index contributed by atoms with van der Waals surface area (Å²) in [4.78, 5) is 55.1. The Kier molecular flexibility index (Phi) is 11.2. The smallest absolute Gasteiger partial charge is 0.321 e. The predicted octanol–water partition coefficient (Wildman–Crippen LogP) is 8.43. The monoisotopic (exact) mass is 766 g/mol. The number of urea groups is 1. The number of carboxylic acid groups (broad SMARTS) is 1. The number of hydrogen-bond acceptors (Lipinski definition) is 9. The number of carbonyl (C=O) groups excluding carboxylic acids is 2. The molecule has 1 N–H and O–H groups in total. The van der Waals surface area contributed by atoms with Gasteiger partial charge in [-0.25, -0.2) is 14.8 Å². The molecule has 4 atom stereocenters. The molecule has 2 fully saturated rings. The third-order valence-corrected chi connectivity index (χ3v) is 12.3. The number of hydrogen-bond donors (Lipinski definition) is 1. The van der Waals surface area contributed by atoms with Crippen molar-refractivity contribution < 1.29 is 33.7 Å². The van der Waals surface area contributed by atoms with Gasteiger partial charge < -0.3 is 29.1 Å². The van der Waals surface area contributed by atoms with E-state index in [1.807, 2.05) is 65.7 Å². The quantitative estimate of drug-likeness (QED) is 0.167. The van der Waals surface area contributed by atoms with Crippen LogP contribution < -0.4 is 14.2 Å². The van der Waals surface area contributed by atoms with Crippen LogP contribution in [0.2, 0.25) is 0 Å². The normalized spacial score (nSPS) is 23.9. The number of thiazole rings is 1. The molecule has 1 aliphatic carbocycles. The number of ketones is 1. The van der Waals surface area contributed by atoms with E-state index in [0.717, 1.165) is 64.2 Å². The van der Waals surface area contributed by atoms with Crippen LogP contribution in [0.1, 0.15) is 81.5 Å². The Balaban J connectivity index is 1.24. The minimum Gasteiger partial charge on any atom is -0.497 e. The van der Waals surface area contributed by atoms with Crippen LogP contribution in [0.4, 0.5) is 4.79 Å². The Hall–Kier alpha value is -4.97.